The van der Waals surface area contributed by atoms with Gasteiger partial charge in [-0.05, 0) is 25.1 Å². The lowest BCUT2D eigenvalue weighted by atomic mass is 10.1. The van der Waals surface area contributed by atoms with E-state index < -0.39 is 12.0 Å². The van der Waals surface area contributed by atoms with Crippen molar-refractivity contribution in [2.24, 2.45) is 0 Å². The third-order valence-corrected chi connectivity index (χ3v) is 2.74. The first-order valence-corrected chi connectivity index (χ1v) is 5.58. The molecule has 1 amide bonds. The Morgan fingerprint density at radius 2 is 2.11 bits per heavy atom. The van der Waals surface area contributed by atoms with Crippen LogP contribution in [0.1, 0.15) is 17.3 Å². The minimum absolute atomic E-state index is 0.293. The fourth-order valence-electron chi connectivity index (χ4n) is 1.79. The first-order chi connectivity index (χ1) is 8.63. The summed E-state index contributed by atoms with van der Waals surface area (Å²) in [4.78, 5) is 26.3. The van der Waals surface area contributed by atoms with Crippen molar-refractivity contribution < 1.29 is 14.3 Å². The molecule has 1 aromatic heterocycles. The molecule has 0 aliphatic rings. The lowest BCUT2D eigenvalue weighted by Gasteiger charge is -2.11. The monoisotopic (exact) mass is 246 g/mol. The molecular formula is C13H14N2O3. The molecule has 0 aliphatic carbocycles. The van der Waals surface area contributed by atoms with Crippen LogP contribution in [0.5, 0.6) is 0 Å². The number of esters is 1. The maximum absolute atomic E-state index is 12.1. The number of hydrogen-bond donors (Lipinski definition) is 2. The second-order valence-corrected chi connectivity index (χ2v) is 3.96. The largest absolute Gasteiger partial charge is 0.467 e. The van der Waals surface area contributed by atoms with Gasteiger partial charge in [-0.15, -0.1) is 0 Å². The van der Waals surface area contributed by atoms with Gasteiger partial charge in [0, 0.05) is 22.7 Å². The topological polar surface area (TPSA) is 71.2 Å². The van der Waals surface area contributed by atoms with Crippen molar-refractivity contribution >= 4 is 22.8 Å². The van der Waals surface area contributed by atoms with Gasteiger partial charge < -0.3 is 15.0 Å². The number of carbonyl (C=O) groups is 2. The number of carbonyl (C=O) groups excluding carboxylic acids is 2. The van der Waals surface area contributed by atoms with Crippen molar-refractivity contribution in [3.63, 3.8) is 0 Å². The summed E-state index contributed by atoms with van der Waals surface area (Å²) >= 11 is 0. The Hall–Kier alpha value is -2.30. The molecule has 0 unspecified atom stereocenters. The van der Waals surface area contributed by atoms with Crippen LogP contribution >= 0.6 is 0 Å². The number of H-pyrrole nitrogens is 1. The molecular weight excluding hydrogens is 232 g/mol. The zero-order valence-electron chi connectivity index (χ0n) is 10.2. The number of aromatic nitrogens is 1. The van der Waals surface area contributed by atoms with Crippen LogP contribution in [0, 0.1) is 0 Å². The van der Waals surface area contributed by atoms with E-state index in [2.05, 4.69) is 15.0 Å². The summed E-state index contributed by atoms with van der Waals surface area (Å²) in [5.41, 5.74) is 1.41. The summed E-state index contributed by atoms with van der Waals surface area (Å²) in [6, 6.07) is 6.55. The molecule has 0 radical (unpaired) electrons. The summed E-state index contributed by atoms with van der Waals surface area (Å²) < 4.78 is 4.56. The third-order valence-electron chi connectivity index (χ3n) is 2.74. The van der Waals surface area contributed by atoms with Crippen molar-refractivity contribution in [2.75, 3.05) is 7.11 Å². The maximum atomic E-state index is 12.1. The average molecular weight is 246 g/mol. The molecule has 5 heteroatoms. The zero-order valence-corrected chi connectivity index (χ0v) is 10.2. The number of nitrogens with one attached hydrogen (secondary N) is 2. The highest BCUT2D eigenvalue weighted by atomic mass is 16.5. The van der Waals surface area contributed by atoms with Gasteiger partial charge in [-0.3, -0.25) is 4.79 Å². The fourth-order valence-corrected chi connectivity index (χ4v) is 1.79. The Morgan fingerprint density at radius 3 is 2.83 bits per heavy atom. The maximum Gasteiger partial charge on any atom is 0.328 e. The quantitative estimate of drug-likeness (QED) is 0.805. The van der Waals surface area contributed by atoms with Crippen LogP contribution in [0.15, 0.2) is 30.5 Å². The molecule has 1 aromatic carbocycles. The first-order valence-electron chi connectivity index (χ1n) is 5.58. The minimum atomic E-state index is -0.670. The number of methoxy groups -OCH3 is 1. The molecule has 2 aromatic rings. The summed E-state index contributed by atoms with van der Waals surface area (Å²) in [5.74, 6) is -0.761. The van der Waals surface area contributed by atoms with Crippen LogP contribution in [-0.2, 0) is 9.53 Å². The van der Waals surface area contributed by atoms with E-state index in [1.165, 1.54) is 7.11 Å². The third kappa shape index (κ3) is 2.20. The van der Waals surface area contributed by atoms with Crippen molar-refractivity contribution in [1.29, 1.82) is 0 Å². The summed E-state index contributed by atoms with van der Waals surface area (Å²) in [7, 11) is 1.29. The summed E-state index contributed by atoms with van der Waals surface area (Å²) in [5, 5.41) is 3.43. The van der Waals surface area contributed by atoms with Crippen molar-refractivity contribution in [2.45, 2.75) is 13.0 Å². The average Bonchev–Trinajstić information content (AvgIpc) is 2.85. The second-order valence-electron chi connectivity index (χ2n) is 3.96. The van der Waals surface area contributed by atoms with E-state index in [-0.39, 0.29) is 5.91 Å². The van der Waals surface area contributed by atoms with E-state index in [1.807, 2.05) is 12.1 Å². The molecule has 0 bridgehead atoms. The molecule has 0 saturated carbocycles. The van der Waals surface area contributed by atoms with Crippen LogP contribution in [0.4, 0.5) is 0 Å². The van der Waals surface area contributed by atoms with Crippen LogP contribution < -0.4 is 5.32 Å². The van der Waals surface area contributed by atoms with Gasteiger partial charge in [0.25, 0.3) is 5.91 Å². The van der Waals surface area contributed by atoms with Gasteiger partial charge in [0.2, 0.25) is 0 Å². The van der Waals surface area contributed by atoms with E-state index in [4.69, 9.17) is 0 Å². The van der Waals surface area contributed by atoms with Crippen LogP contribution in [0.2, 0.25) is 0 Å². The normalized spacial score (nSPS) is 12.1. The van der Waals surface area contributed by atoms with Crippen LogP contribution in [-0.4, -0.2) is 30.0 Å². The lowest BCUT2D eigenvalue weighted by molar-refractivity contribution is -0.142. The first kappa shape index (κ1) is 12.2. The molecule has 1 atom stereocenters. The predicted octanol–water partition coefficient (Wildman–Crippen LogP) is 1.46. The predicted molar refractivity (Wildman–Crippen MR) is 67.2 cm³/mol. The van der Waals surface area contributed by atoms with Gasteiger partial charge >= 0.3 is 5.97 Å². The Kier molecular flexibility index (Phi) is 3.32. The van der Waals surface area contributed by atoms with E-state index in [9.17, 15) is 9.59 Å². The van der Waals surface area contributed by atoms with Gasteiger partial charge in [-0.25, -0.2) is 4.79 Å². The molecule has 2 N–H and O–H groups in total. The Bertz CT molecular complexity index is 589. The van der Waals surface area contributed by atoms with Crippen molar-refractivity contribution in [1.82, 2.24) is 10.3 Å². The Morgan fingerprint density at radius 1 is 1.33 bits per heavy atom. The van der Waals surface area contributed by atoms with E-state index >= 15 is 0 Å². The molecule has 0 fully saturated rings. The number of benzene rings is 1. The second kappa shape index (κ2) is 4.91. The number of ether oxygens (including phenoxy) is 1. The van der Waals surface area contributed by atoms with Gasteiger partial charge in [-0.2, -0.15) is 0 Å². The standard InChI is InChI=1S/C13H14N2O3/c1-8(13(17)18-2)15-12(16)10-4-3-5-11-9(10)6-7-14-11/h3-8,14H,1-2H3,(H,15,16)/t8-/m0/s1. The van der Waals surface area contributed by atoms with E-state index in [0.717, 1.165) is 10.9 Å². The number of hydrogen-bond acceptors (Lipinski definition) is 3. The molecule has 5 nitrogen and oxygen atoms in total. The highest BCUT2D eigenvalue weighted by molar-refractivity contribution is 6.07. The van der Waals surface area contributed by atoms with Crippen molar-refractivity contribution in [3.8, 4) is 0 Å². The highest BCUT2D eigenvalue weighted by Crippen LogP contribution is 2.17. The van der Waals surface area contributed by atoms with Gasteiger partial charge in [-0.1, -0.05) is 6.07 Å². The van der Waals surface area contributed by atoms with Crippen LogP contribution in [0.25, 0.3) is 10.9 Å². The van der Waals surface area contributed by atoms with E-state index in [1.54, 1.807) is 25.3 Å². The Labute approximate surface area is 104 Å². The molecule has 0 aliphatic heterocycles. The molecule has 94 valence electrons. The number of aromatic amines is 1. The SMILES string of the molecule is COC(=O)[C@H](C)NC(=O)c1cccc2[nH]ccc12. The van der Waals surface area contributed by atoms with Gasteiger partial charge in [0.1, 0.15) is 6.04 Å². The summed E-state index contributed by atoms with van der Waals surface area (Å²) in [6.45, 7) is 1.58. The zero-order chi connectivity index (χ0) is 13.1. The highest BCUT2D eigenvalue weighted by Gasteiger charge is 2.18. The molecule has 1 heterocycles. The van der Waals surface area contributed by atoms with Crippen molar-refractivity contribution in [3.05, 3.63) is 36.0 Å². The number of amides is 1. The fraction of sp³-hybridized carbons (Fsp3) is 0.231. The van der Waals surface area contributed by atoms with Crippen LogP contribution in [0.3, 0.4) is 0 Å². The molecule has 0 spiro atoms. The lowest BCUT2D eigenvalue weighted by Crippen LogP contribution is -2.39. The summed E-state index contributed by atoms with van der Waals surface area (Å²) in [6.07, 6.45) is 1.77. The van der Waals surface area contributed by atoms with Gasteiger partial charge in [0.05, 0.1) is 7.11 Å². The Balaban J connectivity index is 2.24. The molecule has 18 heavy (non-hydrogen) atoms. The minimum Gasteiger partial charge on any atom is -0.467 e. The van der Waals surface area contributed by atoms with Gasteiger partial charge in [0.15, 0.2) is 0 Å². The number of rotatable bonds is 3. The molecule has 0 saturated heterocycles. The van der Waals surface area contributed by atoms with E-state index in [0.29, 0.717) is 5.56 Å². The smallest absolute Gasteiger partial charge is 0.328 e. The number of fused-ring (bicyclic) bond motifs is 1. The molecule has 2 rings (SSSR count).